The number of hydrogen-bond acceptors (Lipinski definition) is 3. The van der Waals surface area contributed by atoms with Crippen molar-refractivity contribution < 1.29 is 9.59 Å². The average molecular weight is 373 g/mol. The first-order valence-corrected chi connectivity index (χ1v) is 10.2. The summed E-state index contributed by atoms with van der Waals surface area (Å²) in [5.74, 6) is 0.246. The van der Waals surface area contributed by atoms with Gasteiger partial charge < -0.3 is 20.4 Å². The van der Waals surface area contributed by atoms with Gasteiger partial charge in [-0.1, -0.05) is 30.7 Å². The van der Waals surface area contributed by atoms with E-state index in [4.69, 9.17) is 0 Å². The van der Waals surface area contributed by atoms with Crippen LogP contribution in [0.5, 0.6) is 0 Å². The Kier molecular flexibility index (Phi) is 7.10. The van der Waals surface area contributed by atoms with Crippen molar-refractivity contribution in [3.05, 3.63) is 35.4 Å². The summed E-state index contributed by atoms with van der Waals surface area (Å²) < 4.78 is 0. The molecule has 2 N–H and O–H groups in total. The zero-order chi connectivity index (χ0) is 19.1. The minimum atomic E-state index is -0.119. The first-order chi connectivity index (χ1) is 13.1. The molecule has 1 atom stereocenters. The monoisotopic (exact) mass is 372 g/mol. The third-order valence-corrected chi connectivity index (χ3v) is 5.38. The van der Waals surface area contributed by atoms with Gasteiger partial charge in [-0.3, -0.25) is 4.79 Å². The highest BCUT2D eigenvalue weighted by Gasteiger charge is 2.19. The first kappa shape index (κ1) is 19.7. The third kappa shape index (κ3) is 6.24. The van der Waals surface area contributed by atoms with Crippen molar-refractivity contribution in [2.75, 3.05) is 26.2 Å². The van der Waals surface area contributed by atoms with E-state index in [0.717, 1.165) is 43.7 Å². The van der Waals surface area contributed by atoms with Gasteiger partial charge in [-0.05, 0) is 50.4 Å². The zero-order valence-corrected chi connectivity index (χ0v) is 16.4. The molecule has 0 unspecified atom stereocenters. The van der Waals surface area contributed by atoms with E-state index in [0.29, 0.717) is 19.5 Å². The second kappa shape index (κ2) is 9.74. The van der Waals surface area contributed by atoms with E-state index < -0.39 is 0 Å². The van der Waals surface area contributed by atoms with Gasteiger partial charge in [0.1, 0.15) is 0 Å². The van der Waals surface area contributed by atoms with Gasteiger partial charge in [0.2, 0.25) is 5.91 Å². The Morgan fingerprint density at radius 3 is 2.41 bits per heavy atom. The second-order valence-corrected chi connectivity index (χ2v) is 7.82. The zero-order valence-electron chi connectivity index (χ0n) is 16.4. The Balaban J connectivity index is 1.37. The molecule has 2 heterocycles. The van der Waals surface area contributed by atoms with E-state index in [1.807, 2.05) is 29.2 Å². The third-order valence-electron chi connectivity index (χ3n) is 5.38. The molecule has 2 saturated heterocycles. The molecule has 3 amide bonds. The number of urea groups is 1. The van der Waals surface area contributed by atoms with Crippen LogP contribution in [0.2, 0.25) is 0 Å². The van der Waals surface area contributed by atoms with E-state index in [9.17, 15) is 9.59 Å². The van der Waals surface area contributed by atoms with E-state index in [1.165, 1.54) is 19.3 Å². The number of hydrogen-bond donors (Lipinski definition) is 2. The summed E-state index contributed by atoms with van der Waals surface area (Å²) in [7, 11) is 0. The lowest BCUT2D eigenvalue weighted by molar-refractivity contribution is -0.128. The van der Waals surface area contributed by atoms with E-state index >= 15 is 0 Å². The molecule has 6 heteroatoms. The number of benzene rings is 1. The maximum absolute atomic E-state index is 12.1. The van der Waals surface area contributed by atoms with Crippen LogP contribution in [0.15, 0.2) is 24.3 Å². The van der Waals surface area contributed by atoms with Gasteiger partial charge in [0, 0.05) is 38.6 Å². The van der Waals surface area contributed by atoms with Crippen LogP contribution in [0.4, 0.5) is 4.79 Å². The molecule has 2 aliphatic heterocycles. The van der Waals surface area contributed by atoms with E-state index in [2.05, 4.69) is 22.5 Å². The summed E-state index contributed by atoms with van der Waals surface area (Å²) in [6.45, 7) is 7.30. The highest BCUT2D eigenvalue weighted by molar-refractivity contribution is 5.78. The van der Waals surface area contributed by atoms with Gasteiger partial charge in [0.05, 0.1) is 0 Å². The highest BCUT2D eigenvalue weighted by Crippen LogP contribution is 2.14. The fourth-order valence-corrected chi connectivity index (χ4v) is 3.89. The number of piperidine rings is 1. The normalized spacial score (nSPS) is 19.1. The summed E-state index contributed by atoms with van der Waals surface area (Å²) in [6, 6.07) is 8.15. The number of nitrogens with one attached hydrogen (secondary N) is 2. The predicted octanol–water partition coefficient (Wildman–Crippen LogP) is 2.48. The lowest BCUT2D eigenvalue weighted by atomic mass is 10.1. The molecule has 0 bridgehead atoms. The smallest absolute Gasteiger partial charge is 0.315 e. The maximum Gasteiger partial charge on any atom is 0.315 e. The molecule has 0 radical (unpaired) electrons. The number of carbonyl (C=O) groups excluding carboxylic acids is 2. The summed E-state index contributed by atoms with van der Waals surface area (Å²) in [5, 5.41) is 5.96. The SMILES string of the molecule is C[C@@H](CN1CCCCC1)NC(=O)NCc1ccc(CN2CCCC2=O)cc1. The number of rotatable bonds is 7. The van der Waals surface area contributed by atoms with E-state index in [1.54, 1.807) is 0 Å². The molecule has 6 nitrogen and oxygen atoms in total. The van der Waals surface area contributed by atoms with Crippen molar-refractivity contribution in [2.45, 2.75) is 58.2 Å². The van der Waals surface area contributed by atoms with Crippen molar-refractivity contribution in [1.29, 1.82) is 0 Å². The molecule has 0 saturated carbocycles. The van der Waals surface area contributed by atoms with Crippen LogP contribution >= 0.6 is 0 Å². The molecule has 27 heavy (non-hydrogen) atoms. The Morgan fingerprint density at radius 2 is 1.74 bits per heavy atom. The molecule has 2 fully saturated rings. The van der Waals surface area contributed by atoms with Crippen molar-refractivity contribution in [1.82, 2.24) is 20.4 Å². The molecule has 0 aromatic heterocycles. The number of nitrogens with zero attached hydrogens (tertiary/aromatic N) is 2. The van der Waals surface area contributed by atoms with Crippen LogP contribution in [0, 0.1) is 0 Å². The van der Waals surface area contributed by atoms with Gasteiger partial charge in [0.25, 0.3) is 0 Å². The van der Waals surface area contributed by atoms with Gasteiger partial charge in [-0.2, -0.15) is 0 Å². The van der Waals surface area contributed by atoms with Crippen LogP contribution < -0.4 is 10.6 Å². The largest absolute Gasteiger partial charge is 0.338 e. The van der Waals surface area contributed by atoms with Crippen LogP contribution in [0.25, 0.3) is 0 Å². The molecule has 2 aliphatic rings. The van der Waals surface area contributed by atoms with Crippen molar-refractivity contribution in [3.63, 3.8) is 0 Å². The fraction of sp³-hybridized carbons (Fsp3) is 0.619. The minimum absolute atomic E-state index is 0.119. The average Bonchev–Trinajstić information content (AvgIpc) is 3.06. The van der Waals surface area contributed by atoms with Gasteiger partial charge >= 0.3 is 6.03 Å². The summed E-state index contributed by atoms with van der Waals surface area (Å²) >= 11 is 0. The molecule has 0 spiro atoms. The van der Waals surface area contributed by atoms with Crippen molar-refractivity contribution in [3.8, 4) is 0 Å². The predicted molar refractivity (Wildman–Crippen MR) is 106 cm³/mol. The first-order valence-electron chi connectivity index (χ1n) is 10.2. The summed E-state index contributed by atoms with van der Waals surface area (Å²) in [6.07, 6.45) is 5.49. The second-order valence-electron chi connectivity index (χ2n) is 7.82. The Hall–Kier alpha value is -2.08. The van der Waals surface area contributed by atoms with Gasteiger partial charge in [-0.15, -0.1) is 0 Å². The van der Waals surface area contributed by atoms with E-state index in [-0.39, 0.29) is 18.0 Å². The molecule has 148 valence electrons. The van der Waals surface area contributed by atoms with Gasteiger partial charge in [0.15, 0.2) is 0 Å². The molecule has 1 aromatic carbocycles. The molecule has 3 rings (SSSR count). The topological polar surface area (TPSA) is 64.7 Å². The van der Waals surface area contributed by atoms with Crippen LogP contribution in [-0.2, 0) is 17.9 Å². The summed E-state index contributed by atoms with van der Waals surface area (Å²) in [5.41, 5.74) is 2.19. The van der Waals surface area contributed by atoms with Gasteiger partial charge in [-0.25, -0.2) is 4.79 Å². The Bertz CT molecular complexity index is 626. The Labute approximate surface area is 162 Å². The Morgan fingerprint density at radius 1 is 1.04 bits per heavy atom. The number of amides is 3. The lowest BCUT2D eigenvalue weighted by Crippen LogP contribution is -2.46. The lowest BCUT2D eigenvalue weighted by Gasteiger charge is -2.29. The van der Waals surface area contributed by atoms with Crippen LogP contribution in [-0.4, -0.2) is 54.0 Å². The molecular formula is C21H32N4O2. The fourth-order valence-electron chi connectivity index (χ4n) is 3.89. The summed E-state index contributed by atoms with van der Waals surface area (Å²) in [4.78, 5) is 28.2. The minimum Gasteiger partial charge on any atom is -0.338 e. The van der Waals surface area contributed by atoms with Crippen LogP contribution in [0.3, 0.4) is 0 Å². The highest BCUT2D eigenvalue weighted by atomic mass is 16.2. The van der Waals surface area contributed by atoms with Crippen molar-refractivity contribution >= 4 is 11.9 Å². The molecule has 0 aliphatic carbocycles. The number of likely N-dealkylation sites (tertiary alicyclic amines) is 2. The van der Waals surface area contributed by atoms with Crippen molar-refractivity contribution in [2.24, 2.45) is 0 Å². The van der Waals surface area contributed by atoms with Crippen LogP contribution in [0.1, 0.15) is 50.2 Å². The maximum atomic E-state index is 12.1. The quantitative estimate of drug-likeness (QED) is 0.773. The molecular weight excluding hydrogens is 340 g/mol. The molecule has 1 aromatic rings. The standard InChI is InChI=1S/C21H32N4O2/c1-17(15-24-11-3-2-4-12-24)23-21(27)22-14-18-7-9-19(10-8-18)16-25-13-5-6-20(25)26/h7-10,17H,2-6,11-16H2,1H3,(H2,22,23,27)/t17-/m0/s1. The number of carbonyl (C=O) groups is 2.